The fraction of sp³-hybridized carbons (Fsp3) is 0.0714. The molecular formula is C14H13NO. The van der Waals surface area contributed by atoms with E-state index in [1.165, 1.54) is 6.40 Å². The standard InChI is InChI=1S/C14H13NO/c1-3-7-13(8-4-1)11-16-12-15-14-9-5-2-6-10-14/h1-10,12H,11H2. The molecule has 0 unspecified atom stereocenters. The lowest BCUT2D eigenvalue weighted by Crippen LogP contribution is -1.89. The summed E-state index contributed by atoms with van der Waals surface area (Å²) in [5, 5.41) is 0. The van der Waals surface area contributed by atoms with Gasteiger partial charge < -0.3 is 4.74 Å². The van der Waals surface area contributed by atoms with Crippen LogP contribution in [0.3, 0.4) is 0 Å². The first-order valence-electron chi connectivity index (χ1n) is 5.18. The number of para-hydroxylation sites is 1. The fourth-order valence-corrected chi connectivity index (χ4v) is 1.32. The molecule has 2 aromatic rings. The molecule has 2 nitrogen and oxygen atoms in total. The molecule has 0 radical (unpaired) electrons. The second kappa shape index (κ2) is 5.71. The first-order valence-corrected chi connectivity index (χ1v) is 5.18. The lowest BCUT2D eigenvalue weighted by atomic mass is 10.2. The van der Waals surface area contributed by atoms with Gasteiger partial charge in [-0.3, -0.25) is 0 Å². The predicted molar refractivity (Wildman–Crippen MR) is 65.8 cm³/mol. The third kappa shape index (κ3) is 3.24. The first-order chi connectivity index (χ1) is 7.95. The Bertz CT molecular complexity index is 437. The van der Waals surface area contributed by atoms with Gasteiger partial charge in [0.1, 0.15) is 6.61 Å². The number of benzene rings is 2. The van der Waals surface area contributed by atoms with Crippen LogP contribution in [0.5, 0.6) is 0 Å². The van der Waals surface area contributed by atoms with Gasteiger partial charge in [0.2, 0.25) is 0 Å². The molecule has 0 atom stereocenters. The highest BCUT2D eigenvalue weighted by Crippen LogP contribution is 2.08. The summed E-state index contributed by atoms with van der Waals surface area (Å²) in [5.74, 6) is 0. The molecule has 0 amide bonds. The van der Waals surface area contributed by atoms with E-state index in [1.54, 1.807) is 0 Å². The van der Waals surface area contributed by atoms with Gasteiger partial charge in [0.15, 0.2) is 6.40 Å². The average Bonchev–Trinajstić information content (AvgIpc) is 2.37. The van der Waals surface area contributed by atoms with Crippen LogP contribution in [0.25, 0.3) is 0 Å². The van der Waals surface area contributed by atoms with Crippen molar-refractivity contribution in [1.82, 2.24) is 0 Å². The van der Waals surface area contributed by atoms with E-state index < -0.39 is 0 Å². The zero-order valence-electron chi connectivity index (χ0n) is 8.91. The van der Waals surface area contributed by atoms with Crippen molar-refractivity contribution < 1.29 is 4.74 Å². The fourth-order valence-electron chi connectivity index (χ4n) is 1.32. The van der Waals surface area contributed by atoms with Gasteiger partial charge in [-0.05, 0) is 17.7 Å². The van der Waals surface area contributed by atoms with Crippen LogP contribution in [-0.4, -0.2) is 6.40 Å². The van der Waals surface area contributed by atoms with Crippen molar-refractivity contribution in [1.29, 1.82) is 0 Å². The minimum atomic E-state index is 0.553. The largest absolute Gasteiger partial charge is 0.478 e. The summed E-state index contributed by atoms with van der Waals surface area (Å²) in [4.78, 5) is 4.17. The monoisotopic (exact) mass is 211 g/mol. The molecule has 2 heteroatoms. The van der Waals surface area contributed by atoms with Gasteiger partial charge in [-0.2, -0.15) is 0 Å². The van der Waals surface area contributed by atoms with Crippen LogP contribution in [0.15, 0.2) is 65.7 Å². The third-order valence-corrected chi connectivity index (χ3v) is 2.13. The van der Waals surface area contributed by atoms with Crippen LogP contribution in [0.2, 0.25) is 0 Å². The van der Waals surface area contributed by atoms with Gasteiger partial charge in [0.05, 0.1) is 5.69 Å². The number of ether oxygens (including phenoxy) is 1. The van der Waals surface area contributed by atoms with E-state index in [4.69, 9.17) is 4.74 Å². The molecule has 0 fully saturated rings. The Morgan fingerprint density at radius 1 is 0.875 bits per heavy atom. The maximum atomic E-state index is 5.33. The minimum Gasteiger partial charge on any atom is -0.478 e. The lowest BCUT2D eigenvalue weighted by molar-refractivity contribution is 0.308. The van der Waals surface area contributed by atoms with Crippen LogP contribution in [0.1, 0.15) is 5.56 Å². The molecule has 0 bridgehead atoms. The summed E-state index contributed by atoms with van der Waals surface area (Å²) < 4.78 is 5.33. The number of hydrogen-bond acceptors (Lipinski definition) is 2. The highest BCUT2D eigenvalue weighted by Gasteiger charge is 1.88. The van der Waals surface area contributed by atoms with E-state index >= 15 is 0 Å². The van der Waals surface area contributed by atoms with Crippen LogP contribution in [0.4, 0.5) is 5.69 Å². The maximum absolute atomic E-state index is 5.33. The summed E-state index contributed by atoms with van der Waals surface area (Å²) in [6.45, 7) is 0.553. The highest BCUT2D eigenvalue weighted by atomic mass is 16.5. The van der Waals surface area contributed by atoms with Crippen LogP contribution >= 0.6 is 0 Å². The quantitative estimate of drug-likeness (QED) is 0.559. The van der Waals surface area contributed by atoms with E-state index in [9.17, 15) is 0 Å². The van der Waals surface area contributed by atoms with Crippen LogP contribution in [0, 0.1) is 0 Å². The van der Waals surface area contributed by atoms with E-state index in [-0.39, 0.29) is 0 Å². The first kappa shape index (κ1) is 10.4. The van der Waals surface area contributed by atoms with Gasteiger partial charge in [0, 0.05) is 0 Å². The molecule has 0 aliphatic rings. The molecule has 0 aromatic heterocycles. The van der Waals surface area contributed by atoms with Gasteiger partial charge in [-0.1, -0.05) is 48.5 Å². The van der Waals surface area contributed by atoms with Crippen LogP contribution in [-0.2, 0) is 11.3 Å². The zero-order valence-corrected chi connectivity index (χ0v) is 8.91. The summed E-state index contributed by atoms with van der Waals surface area (Å²) in [7, 11) is 0. The van der Waals surface area contributed by atoms with E-state index in [0.29, 0.717) is 6.61 Å². The van der Waals surface area contributed by atoms with E-state index in [2.05, 4.69) is 4.99 Å². The van der Waals surface area contributed by atoms with Gasteiger partial charge in [-0.25, -0.2) is 4.99 Å². The second-order valence-corrected chi connectivity index (χ2v) is 3.37. The number of aliphatic imine (C=N–C) groups is 1. The Hall–Kier alpha value is -2.09. The Balaban J connectivity index is 1.83. The molecule has 0 N–H and O–H groups in total. The smallest absolute Gasteiger partial charge is 0.175 e. The molecule has 80 valence electrons. The van der Waals surface area contributed by atoms with Crippen molar-refractivity contribution in [2.24, 2.45) is 4.99 Å². The molecular weight excluding hydrogens is 198 g/mol. The molecule has 16 heavy (non-hydrogen) atoms. The summed E-state index contributed by atoms with van der Waals surface area (Å²) >= 11 is 0. The molecule has 2 rings (SSSR count). The summed E-state index contributed by atoms with van der Waals surface area (Å²) in [6, 6.07) is 19.7. The third-order valence-electron chi connectivity index (χ3n) is 2.13. The molecule has 0 saturated carbocycles. The second-order valence-electron chi connectivity index (χ2n) is 3.37. The van der Waals surface area contributed by atoms with Gasteiger partial charge in [0.25, 0.3) is 0 Å². The van der Waals surface area contributed by atoms with E-state index in [0.717, 1.165) is 11.3 Å². The molecule has 0 spiro atoms. The molecule has 0 aliphatic carbocycles. The molecule has 2 aromatic carbocycles. The Kier molecular flexibility index (Phi) is 3.72. The molecule has 0 aliphatic heterocycles. The normalized spacial score (nSPS) is 10.5. The van der Waals surface area contributed by atoms with Crippen molar-refractivity contribution in [2.45, 2.75) is 6.61 Å². The lowest BCUT2D eigenvalue weighted by Gasteiger charge is -1.99. The van der Waals surface area contributed by atoms with Crippen molar-refractivity contribution in [2.75, 3.05) is 0 Å². The van der Waals surface area contributed by atoms with Gasteiger partial charge >= 0.3 is 0 Å². The molecule has 0 heterocycles. The summed E-state index contributed by atoms with van der Waals surface area (Å²) in [5.41, 5.74) is 2.04. The Labute approximate surface area is 95.2 Å². The molecule has 0 saturated heterocycles. The van der Waals surface area contributed by atoms with E-state index in [1.807, 2.05) is 60.7 Å². The highest BCUT2D eigenvalue weighted by molar-refractivity contribution is 5.55. The minimum absolute atomic E-state index is 0.553. The number of hydrogen-bond donors (Lipinski definition) is 0. The SMILES string of the molecule is C(=Nc1ccccc1)OCc1ccccc1. The number of rotatable bonds is 4. The average molecular weight is 211 g/mol. The van der Waals surface area contributed by atoms with Crippen molar-refractivity contribution in [3.05, 3.63) is 66.2 Å². The van der Waals surface area contributed by atoms with Crippen molar-refractivity contribution in [3.8, 4) is 0 Å². The van der Waals surface area contributed by atoms with Gasteiger partial charge in [-0.15, -0.1) is 0 Å². The Morgan fingerprint density at radius 2 is 1.50 bits per heavy atom. The maximum Gasteiger partial charge on any atom is 0.175 e. The van der Waals surface area contributed by atoms with Crippen molar-refractivity contribution in [3.63, 3.8) is 0 Å². The van der Waals surface area contributed by atoms with Crippen LogP contribution < -0.4 is 0 Å². The van der Waals surface area contributed by atoms with Crippen molar-refractivity contribution >= 4 is 12.1 Å². The topological polar surface area (TPSA) is 21.6 Å². The summed E-state index contributed by atoms with van der Waals surface area (Å²) in [6.07, 6.45) is 1.49. The Morgan fingerprint density at radius 3 is 2.19 bits per heavy atom. The number of nitrogens with zero attached hydrogens (tertiary/aromatic N) is 1. The zero-order chi connectivity index (χ0) is 11.1. The predicted octanol–water partition coefficient (Wildman–Crippen LogP) is 3.56.